The lowest BCUT2D eigenvalue weighted by atomic mass is 9.51. The van der Waals surface area contributed by atoms with Gasteiger partial charge in [0.05, 0.1) is 0 Å². The molecule has 2 heterocycles. The summed E-state index contributed by atoms with van der Waals surface area (Å²) < 4.78 is 0. The Labute approximate surface area is 109 Å². The summed E-state index contributed by atoms with van der Waals surface area (Å²) >= 11 is 0. The molecule has 96 valence electrons. The first kappa shape index (κ1) is 10.8. The van der Waals surface area contributed by atoms with E-state index in [0.717, 1.165) is 11.6 Å². The Kier molecular flexibility index (Phi) is 1.95. The summed E-state index contributed by atoms with van der Waals surface area (Å²) in [6.45, 7) is 7.18. The summed E-state index contributed by atoms with van der Waals surface area (Å²) in [4.78, 5) is 11.6. The Balaban J connectivity index is 1.45. The fourth-order valence-electron chi connectivity index (χ4n) is 4.21. The smallest absolute Gasteiger partial charge is 0.133 e. The third-order valence-electron chi connectivity index (χ3n) is 4.69. The largest absolute Gasteiger partial charge is 0.355 e. The van der Waals surface area contributed by atoms with E-state index in [-0.39, 0.29) is 0 Å². The quantitative estimate of drug-likeness (QED) is 0.799. The lowest BCUT2D eigenvalue weighted by molar-refractivity contribution is -0.0361. The summed E-state index contributed by atoms with van der Waals surface area (Å²) in [5, 5.41) is 0. The first-order valence-corrected chi connectivity index (χ1v) is 7.13. The normalized spacial score (nSPS) is 27.8. The molecule has 18 heavy (non-hydrogen) atoms. The minimum absolute atomic E-state index is 0.580. The van der Waals surface area contributed by atoms with Crippen LogP contribution in [0.1, 0.15) is 51.3 Å². The molecule has 1 aromatic heterocycles. The highest BCUT2D eigenvalue weighted by Crippen LogP contribution is 2.59. The molecule has 4 rings (SSSR count). The number of hydrogen-bond donors (Lipinski definition) is 0. The molecule has 2 saturated carbocycles. The standard InChI is InChI=1S/C15H21N3/c1-14(2)7-15(8-14)9-18(10-15)12-5-6-16-13(17-12)11-3-4-11/h5-6,11H,3-4,7-10H2,1-2H3. The van der Waals surface area contributed by atoms with Crippen molar-refractivity contribution < 1.29 is 0 Å². The first-order chi connectivity index (χ1) is 8.55. The molecule has 1 saturated heterocycles. The monoisotopic (exact) mass is 243 g/mol. The van der Waals surface area contributed by atoms with Crippen molar-refractivity contribution in [3.63, 3.8) is 0 Å². The van der Waals surface area contributed by atoms with E-state index < -0.39 is 0 Å². The third kappa shape index (κ3) is 1.63. The van der Waals surface area contributed by atoms with E-state index in [0.29, 0.717) is 16.7 Å². The van der Waals surface area contributed by atoms with E-state index in [9.17, 15) is 0 Å². The predicted octanol–water partition coefficient (Wildman–Crippen LogP) is 2.98. The van der Waals surface area contributed by atoms with Crippen LogP contribution in [-0.4, -0.2) is 23.1 Å². The van der Waals surface area contributed by atoms with Crippen LogP contribution in [0.25, 0.3) is 0 Å². The molecule has 3 heteroatoms. The predicted molar refractivity (Wildman–Crippen MR) is 71.7 cm³/mol. The first-order valence-electron chi connectivity index (χ1n) is 7.13. The summed E-state index contributed by atoms with van der Waals surface area (Å²) in [6, 6.07) is 2.07. The summed E-state index contributed by atoms with van der Waals surface area (Å²) in [5.41, 5.74) is 1.20. The Morgan fingerprint density at radius 3 is 2.56 bits per heavy atom. The lowest BCUT2D eigenvalue weighted by Crippen LogP contribution is -2.64. The number of nitrogens with zero attached hydrogens (tertiary/aromatic N) is 3. The van der Waals surface area contributed by atoms with Gasteiger partial charge in [0.25, 0.3) is 0 Å². The number of rotatable bonds is 2. The van der Waals surface area contributed by atoms with Gasteiger partial charge in [0.2, 0.25) is 0 Å². The van der Waals surface area contributed by atoms with Crippen molar-refractivity contribution in [2.75, 3.05) is 18.0 Å². The average Bonchev–Trinajstić information content (AvgIpc) is 3.06. The van der Waals surface area contributed by atoms with Crippen molar-refractivity contribution in [2.45, 2.75) is 45.4 Å². The molecular weight excluding hydrogens is 222 g/mol. The van der Waals surface area contributed by atoms with Crippen LogP contribution in [0.15, 0.2) is 12.3 Å². The average molecular weight is 243 g/mol. The molecule has 1 spiro atoms. The van der Waals surface area contributed by atoms with Gasteiger partial charge in [-0.05, 0) is 37.2 Å². The Morgan fingerprint density at radius 2 is 1.94 bits per heavy atom. The highest BCUT2D eigenvalue weighted by molar-refractivity contribution is 5.44. The van der Waals surface area contributed by atoms with Crippen molar-refractivity contribution in [1.82, 2.24) is 9.97 Å². The number of aromatic nitrogens is 2. The van der Waals surface area contributed by atoms with Crippen LogP contribution in [0.2, 0.25) is 0 Å². The van der Waals surface area contributed by atoms with Gasteiger partial charge >= 0.3 is 0 Å². The zero-order chi connectivity index (χ0) is 12.4. The Morgan fingerprint density at radius 1 is 1.22 bits per heavy atom. The molecule has 0 aromatic carbocycles. The molecular formula is C15H21N3. The van der Waals surface area contributed by atoms with Gasteiger partial charge in [0.15, 0.2) is 0 Å². The molecule has 0 unspecified atom stereocenters. The lowest BCUT2D eigenvalue weighted by Gasteiger charge is -2.63. The second-order valence-corrected chi connectivity index (χ2v) is 7.42. The second kappa shape index (κ2) is 3.25. The summed E-state index contributed by atoms with van der Waals surface area (Å²) in [6.07, 6.45) is 7.27. The van der Waals surface area contributed by atoms with Crippen LogP contribution in [0.5, 0.6) is 0 Å². The van der Waals surface area contributed by atoms with E-state index in [1.165, 1.54) is 38.8 Å². The van der Waals surface area contributed by atoms with Crippen molar-refractivity contribution in [3.05, 3.63) is 18.1 Å². The summed E-state index contributed by atoms with van der Waals surface area (Å²) in [5.74, 6) is 2.88. The van der Waals surface area contributed by atoms with Crippen molar-refractivity contribution in [2.24, 2.45) is 10.8 Å². The molecule has 1 aliphatic heterocycles. The van der Waals surface area contributed by atoms with Gasteiger partial charge < -0.3 is 4.90 Å². The fourth-order valence-corrected chi connectivity index (χ4v) is 4.21. The Bertz CT molecular complexity index is 474. The van der Waals surface area contributed by atoms with E-state index in [1.807, 2.05) is 6.20 Å². The van der Waals surface area contributed by atoms with E-state index >= 15 is 0 Å². The Hall–Kier alpha value is -1.12. The van der Waals surface area contributed by atoms with Crippen LogP contribution in [-0.2, 0) is 0 Å². The molecule has 0 bridgehead atoms. The molecule has 0 atom stereocenters. The van der Waals surface area contributed by atoms with Crippen LogP contribution >= 0.6 is 0 Å². The molecule has 2 aliphatic carbocycles. The number of hydrogen-bond acceptors (Lipinski definition) is 3. The minimum Gasteiger partial charge on any atom is -0.355 e. The van der Waals surface area contributed by atoms with Crippen molar-refractivity contribution >= 4 is 5.82 Å². The second-order valence-electron chi connectivity index (χ2n) is 7.42. The number of anilines is 1. The maximum absolute atomic E-state index is 4.73. The molecule has 3 aliphatic rings. The SMILES string of the molecule is CC1(C)CC2(CN(c3ccnc(C4CC4)n3)C2)C1. The van der Waals surface area contributed by atoms with Gasteiger partial charge in [-0.25, -0.2) is 9.97 Å². The van der Waals surface area contributed by atoms with Gasteiger partial charge in [0, 0.05) is 30.6 Å². The summed E-state index contributed by atoms with van der Waals surface area (Å²) in [7, 11) is 0. The maximum atomic E-state index is 4.73. The van der Waals surface area contributed by atoms with Crippen LogP contribution < -0.4 is 4.90 Å². The van der Waals surface area contributed by atoms with Gasteiger partial charge in [-0.2, -0.15) is 0 Å². The molecule has 3 nitrogen and oxygen atoms in total. The zero-order valence-corrected chi connectivity index (χ0v) is 11.3. The van der Waals surface area contributed by atoms with Gasteiger partial charge in [0.1, 0.15) is 11.6 Å². The van der Waals surface area contributed by atoms with E-state index in [1.54, 1.807) is 0 Å². The van der Waals surface area contributed by atoms with Crippen molar-refractivity contribution in [3.8, 4) is 0 Å². The van der Waals surface area contributed by atoms with Crippen molar-refractivity contribution in [1.29, 1.82) is 0 Å². The highest BCUT2D eigenvalue weighted by Gasteiger charge is 2.56. The van der Waals surface area contributed by atoms with Gasteiger partial charge in [-0.15, -0.1) is 0 Å². The highest BCUT2D eigenvalue weighted by atomic mass is 15.3. The van der Waals surface area contributed by atoms with Crippen LogP contribution in [0, 0.1) is 10.8 Å². The van der Waals surface area contributed by atoms with E-state index in [4.69, 9.17) is 4.98 Å². The topological polar surface area (TPSA) is 29.0 Å². The zero-order valence-electron chi connectivity index (χ0n) is 11.3. The molecule has 0 radical (unpaired) electrons. The maximum Gasteiger partial charge on any atom is 0.133 e. The molecule has 3 fully saturated rings. The third-order valence-corrected chi connectivity index (χ3v) is 4.69. The van der Waals surface area contributed by atoms with Gasteiger partial charge in [-0.3, -0.25) is 0 Å². The van der Waals surface area contributed by atoms with Crippen LogP contribution in [0.3, 0.4) is 0 Å². The minimum atomic E-state index is 0.580. The van der Waals surface area contributed by atoms with Gasteiger partial charge in [-0.1, -0.05) is 13.8 Å². The molecule has 1 aromatic rings. The van der Waals surface area contributed by atoms with E-state index in [2.05, 4.69) is 29.8 Å². The van der Waals surface area contributed by atoms with Crippen LogP contribution in [0.4, 0.5) is 5.82 Å². The fraction of sp³-hybridized carbons (Fsp3) is 0.733. The molecule has 0 N–H and O–H groups in total. The molecule has 0 amide bonds.